The van der Waals surface area contributed by atoms with Gasteiger partial charge in [0.25, 0.3) is 11.8 Å². The van der Waals surface area contributed by atoms with Gasteiger partial charge in [0.05, 0.1) is 10.6 Å². The van der Waals surface area contributed by atoms with E-state index in [1.807, 2.05) is 0 Å². The molecule has 0 N–H and O–H groups in total. The average molecular weight is 431 g/mol. The molecule has 8 heteroatoms. The lowest BCUT2D eigenvalue weighted by molar-refractivity contribution is 0.0518. The number of hydrogen-bond donors (Lipinski definition) is 0. The van der Waals surface area contributed by atoms with E-state index in [4.69, 9.17) is 16.0 Å². The molecule has 4 rings (SSSR count). The van der Waals surface area contributed by atoms with Gasteiger partial charge in [-0.3, -0.25) is 9.59 Å². The highest BCUT2D eigenvalue weighted by Gasteiger charge is 2.28. The quantitative estimate of drug-likeness (QED) is 0.615. The third kappa shape index (κ3) is 4.07. The average Bonchev–Trinajstić information content (AvgIpc) is 3.24. The van der Waals surface area contributed by atoms with Gasteiger partial charge in [-0.25, -0.2) is 8.78 Å². The molecule has 3 aromatic rings. The Morgan fingerprint density at radius 3 is 2.03 bits per heavy atom. The molecule has 2 amide bonds. The van der Waals surface area contributed by atoms with Crippen LogP contribution in [0.4, 0.5) is 8.78 Å². The molecule has 1 aliphatic heterocycles. The van der Waals surface area contributed by atoms with E-state index in [2.05, 4.69) is 0 Å². The largest absolute Gasteiger partial charge is 0.451 e. The van der Waals surface area contributed by atoms with Crippen LogP contribution in [0.15, 0.2) is 59.0 Å². The molecular weight excluding hydrogens is 414 g/mol. The van der Waals surface area contributed by atoms with Gasteiger partial charge in [0, 0.05) is 31.7 Å². The summed E-state index contributed by atoms with van der Waals surface area (Å²) in [5, 5.41) is 0.0578. The number of benzene rings is 2. The normalized spacial score (nSPS) is 14.1. The highest BCUT2D eigenvalue weighted by atomic mass is 35.5. The fourth-order valence-electron chi connectivity index (χ4n) is 3.32. The van der Waals surface area contributed by atoms with E-state index in [-0.39, 0.29) is 34.0 Å². The number of nitrogens with zero attached hydrogens (tertiary/aromatic N) is 2. The Hall–Kier alpha value is -3.19. The molecule has 5 nitrogen and oxygen atoms in total. The minimum atomic E-state index is -0.509. The van der Waals surface area contributed by atoms with Crippen molar-refractivity contribution in [2.24, 2.45) is 0 Å². The van der Waals surface area contributed by atoms with Crippen LogP contribution < -0.4 is 0 Å². The summed E-state index contributed by atoms with van der Waals surface area (Å²) in [5.74, 6) is -0.797. The zero-order valence-electron chi connectivity index (χ0n) is 15.8. The van der Waals surface area contributed by atoms with Crippen molar-refractivity contribution in [2.45, 2.75) is 0 Å². The van der Waals surface area contributed by atoms with Crippen LogP contribution >= 0.6 is 11.6 Å². The fraction of sp³-hybridized carbons (Fsp3) is 0.182. The number of amides is 2. The Bertz CT molecular complexity index is 1090. The number of piperazine rings is 1. The van der Waals surface area contributed by atoms with Crippen molar-refractivity contribution in [1.29, 1.82) is 0 Å². The minimum absolute atomic E-state index is 0.0578. The first-order chi connectivity index (χ1) is 14.4. The van der Waals surface area contributed by atoms with Crippen molar-refractivity contribution < 1.29 is 22.8 Å². The van der Waals surface area contributed by atoms with Gasteiger partial charge < -0.3 is 14.2 Å². The molecule has 30 heavy (non-hydrogen) atoms. The molecule has 0 spiro atoms. The van der Waals surface area contributed by atoms with Gasteiger partial charge in [0.15, 0.2) is 5.76 Å². The molecule has 1 fully saturated rings. The smallest absolute Gasteiger partial charge is 0.289 e. The van der Waals surface area contributed by atoms with E-state index >= 15 is 0 Å². The first-order valence-electron chi connectivity index (χ1n) is 9.32. The molecule has 1 aliphatic rings. The standard InChI is InChI=1S/C22H17ClF2N2O3/c23-18-13-16(25)5-6-17(18)21(28)26-9-11-27(12-10-26)22(29)20-8-7-19(30-20)14-1-3-15(24)4-2-14/h1-8,13H,9-12H2. The second kappa shape index (κ2) is 8.28. The highest BCUT2D eigenvalue weighted by Crippen LogP contribution is 2.24. The van der Waals surface area contributed by atoms with Gasteiger partial charge in [-0.15, -0.1) is 0 Å². The molecule has 154 valence electrons. The third-order valence-corrected chi connectivity index (χ3v) is 5.27. The Labute approximate surface area is 176 Å². The van der Waals surface area contributed by atoms with Crippen LogP contribution in [-0.4, -0.2) is 47.8 Å². The van der Waals surface area contributed by atoms with Gasteiger partial charge in [-0.1, -0.05) is 11.6 Å². The molecule has 0 atom stereocenters. The summed E-state index contributed by atoms with van der Waals surface area (Å²) in [6.07, 6.45) is 0. The van der Waals surface area contributed by atoms with Crippen LogP contribution in [0.5, 0.6) is 0 Å². The lowest BCUT2D eigenvalue weighted by Gasteiger charge is -2.34. The third-order valence-electron chi connectivity index (χ3n) is 4.96. The monoisotopic (exact) mass is 430 g/mol. The van der Waals surface area contributed by atoms with E-state index in [0.717, 1.165) is 6.07 Å². The number of rotatable bonds is 3. The van der Waals surface area contributed by atoms with E-state index in [0.29, 0.717) is 37.5 Å². The van der Waals surface area contributed by atoms with E-state index in [9.17, 15) is 18.4 Å². The van der Waals surface area contributed by atoms with Crippen molar-refractivity contribution in [1.82, 2.24) is 9.80 Å². The van der Waals surface area contributed by atoms with Crippen molar-refractivity contribution in [2.75, 3.05) is 26.2 Å². The maximum absolute atomic E-state index is 13.2. The molecule has 0 saturated carbocycles. The van der Waals surface area contributed by atoms with Crippen molar-refractivity contribution in [3.05, 3.63) is 82.6 Å². The van der Waals surface area contributed by atoms with Crippen LogP contribution in [0.2, 0.25) is 5.02 Å². The van der Waals surface area contributed by atoms with Crippen LogP contribution in [-0.2, 0) is 0 Å². The molecule has 1 aromatic heterocycles. The lowest BCUT2D eigenvalue weighted by atomic mass is 10.1. The van der Waals surface area contributed by atoms with E-state index in [1.165, 1.54) is 24.3 Å². The second-order valence-corrected chi connectivity index (χ2v) is 7.29. The molecular formula is C22H17ClF2N2O3. The second-order valence-electron chi connectivity index (χ2n) is 6.88. The summed E-state index contributed by atoms with van der Waals surface area (Å²) in [6.45, 7) is 1.31. The number of furan rings is 1. The molecule has 2 aromatic carbocycles. The summed E-state index contributed by atoms with van der Waals surface area (Å²) in [6, 6.07) is 12.7. The number of hydrogen-bond acceptors (Lipinski definition) is 3. The van der Waals surface area contributed by atoms with Gasteiger partial charge in [0.1, 0.15) is 17.4 Å². The Morgan fingerprint density at radius 2 is 1.40 bits per heavy atom. The Balaban J connectivity index is 1.40. The maximum atomic E-state index is 13.2. The van der Waals surface area contributed by atoms with Crippen molar-refractivity contribution in [3.8, 4) is 11.3 Å². The van der Waals surface area contributed by atoms with Gasteiger partial charge in [-0.2, -0.15) is 0 Å². The molecule has 0 unspecified atom stereocenters. The number of halogens is 3. The van der Waals surface area contributed by atoms with Gasteiger partial charge >= 0.3 is 0 Å². The van der Waals surface area contributed by atoms with Crippen LogP contribution in [0.1, 0.15) is 20.9 Å². The predicted molar refractivity (Wildman–Crippen MR) is 107 cm³/mol. The van der Waals surface area contributed by atoms with Crippen molar-refractivity contribution >= 4 is 23.4 Å². The first kappa shape index (κ1) is 20.1. The summed E-state index contributed by atoms with van der Waals surface area (Å²) in [5.41, 5.74) is 0.898. The first-order valence-corrected chi connectivity index (χ1v) is 9.69. The number of carbonyl (C=O) groups is 2. The lowest BCUT2D eigenvalue weighted by Crippen LogP contribution is -2.50. The molecule has 0 bridgehead atoms. The highest BCUT2D eigenvalue weighted by molar-refractivity contribution is 6.33. The van der Waals surface area contributed by atoms with E-state index < -0.39 is 5.82 Å². The fourth-order valence-corrected chi connectivity index (χ4v) is 3.57. The zero-order chi connectivity index (χ0) is 21.3. The topological polar surface area (TPSA) is 53.8 Å². The van der Waals surface area contributed by atoms with Crippen LogP contribution in [0.3, 0.4) is 0 Å². The van der Waals surface area contributed by atoms with Gasteiger partial charge in [-0.05, 0) is 54.6 Å². The van der Waals surface area contributed by atoms with Crippen LogP contribution in [0.25, 0.3) is 11.3 Å². The summed E-state index contributed by atoms with van der Waals surface area (Å²) >= 11 is 5.98. The molecule has 1 saturated heterocycles. The van der Waals surface area contributed by atoms with Crippen LogP contribution in [0, 0.1) is 11.6 Å². The predicted octanol–water partition coefficient (Wildman–Crippen LogP) is 4.48. The summed E-state index contributed by atoms with van der Waals surface area (Å²) in [4.78, 5) is 28.6. The van der Waals surface area contributed by atoms with Crippen molar-refractivity contribution in [3.63, 3.8) is 0 Å². The minimum Gasteiger partial charge on any atom is -0.451 e. The van der Waals surface area contributed by atoms with Gasteiger partial charge in [0.2, 0.25) is 0 Å². The summed E-state index contributed by atoms with van der Waals surface area (Å²) < 4.78 is 31.9. The Morgan fingerprint density at radius 1 is 0.800 bits per heavy atom. The SMILES string of the molecule is O=C(c1ccc(-c2ccc(F)cc2)o1)N1CCN(C(=O)c2ccc(F)cc2Cl)CC1. The zero-order valence-corrected chi connectivity index (χ0v) is 16.5. The molecule has 0 aliphatic carbocycles. The molecule has 2 heterocycles. The van der Waals surface area contributed by atoms with E-state index in [1.54, 1.807) is 34.1 Å². The summed E-state index contributed by atoms with van der Waals surface area (Å²) in [7, 11) is 0. The molecule has 0 radical (unpaired) electrons. The maximum Gasteiger partial charge on any atom is 0.289 e. The Kier molecular flexibility index (Phi) is 5.55. The number of carbonyl (C=O) groups excluding carboxylic acids is 2.